The number of primary amides is 1. The average Bonchev–Trinajstić information content (AvgIpc) is 2.93. The maximum Gasteiger partial charge on any atom is 0.263 e. The van der Waals surface area contributed by atoms with E-state index in [1.807, 2.05) is 37.3 Å². The zero-order valence-corrected chi connectivity index (χ0v) is 14.3. The van der Waals surface area contributed by atoms with Gasteiger partial charge in [-0.05, 0) is 12.5 Å². The Morgan fingerprint density at radius 1 is 1.28 bits per heavy atom. The van der Waals surface area contributed by atoms with Crippen molar-refractivity contribution >= 4 is 33.4 Å². The Hall–Kier alpha value is -3.00. The van der Waals surface area contributed by atoms with Crippen molar-refractivity contribution in [3.05, 3.63) is 51.9 Å². The Morgan fingerprint density at radius 2 is 2.00 bits per heavy atom. The summed E-state index contributed by atoms with van der Waals surface area (Å²) in [6.07, 6.45) is 1.35. The van der Waals surface area contributed by atoms with Crippen LogP contribution in [0.4, 0.5) is 0 Å². The van der Waals surface area contributed by atoms with E-state index in [1.54, 1.807) is 0 Å². The van der Waals surface area contributed by atoms with Crippen LogP contribution in [0.25, 0.3) is 21.3 Å². The molecule has 0 atom stereocenters. The van der Waals surface area contributed by atoms with Gasteiger partial charge in [0.2, 0.25) is 11.8 Å². The zero-order valence-electron chi connectivity index (χ0n) is 13.5. The summed E-state index contributed by atoms with van der Waals surface area (Å²) >= 11 is 1.44. The minimum absolute atomic E-state index is 0.224. The lowest BCUT2D eigenvalue weighted by molar-refractivity contribution is -0.125. The summed E-state index contributed by atoms with van der Waals surface area (Å²) in [6.45, 7) is 1.45. The predicted molar refractivity (Wildman–Crippen MR) is 96.3 cm³/mol. The third-order valence-corrected chi connectivity index (χ3v) is 4.70. The number of nitrogens with zero attached hydrogens (tertiary/aromatic N) is 2. The maximum atomic E-state index is 12.9. The molecule has 3 aromatic rings. The van der Waals surface area contributed by atoms with E-state index in [-0.39, 0.29) is 18.6 Å². The smallest absolute Gasteiger partial charge is 0.263 e. The van der Waals surface area contributed by atoms with Gasteiger partial charge in [-0.15, -0.1) is 11.3 Å². The van der Waals surface area contributed by atoms with E-state index in [0.29, 0.717) is 10.2 Å². The van der Waals surface area contributed by atoms with E-state index in [4.69, 9.17) is 5.73 Å². The number of aromatic nitrogens is 2. The molecule has 7 nitrogen and oxygen atoms in total. The van der Waals surface area contributed by atoms with Crippen molar-refractivity contribution in [2.24, 2.45) is 5.73 Å². The number of hydrogen-bond donors (Lipinski definition) is 2. The number of carbonyl (C=O) groups is 2. The average molecular weight is 356 g/mol. The number of nitrogens with one attached hydrogen (secondary N) is 1. The number of nitrogens with two attached hydrogens (primary N) is 1. The lowest BCUT2D eigenvalue weighted by Gasteiger charge is -2.07. The highest BCUT2D eigenvalue weighted by molar-refractivity contribution is 7.19. The van der Waals surface area contributed by atoms with Gasteiger partial charge in [-0.3, -0.25) is 19.0 Å². The first-order chi connectivity index (χ1) is 12.0. The molecule has 2 heterocycles. The van der Waals surface area contributed by atoms with Crippen LogP contribution in [0.2, 0.25) is 0 Å². The second kappa shape index (κ2) is 6.86. The van der Waals surface area contributed by atoms with Crippen LogP contribution >= 0.6 is 11.3 Å². The monoisotopic (exact) mass is 356 g/mol. The fourth-order valence-electron chi connectivity index (χ4n) is 2.60. The number of rotatable bonds is 5. The van der Waals surface area contributed by atoms with Gasteiger partial charge in [0.15, 0.2) is 0 Å². The van der Waals surface area contributed by atoms with Gasteiger partial charge in [-0.2, -0.15) is 0 Å². The molecule has 3 rings (SSSR count). The topological polar surface area (TPSA) is 107 Å². The lowest BCUT2D eigenvalue weighted by atomic mass is 10.0. The van der Waals surface area contributed by atoms with Crippen LogP contribution in [-0.2, 0) is 16.1 Å². The molecule has 2 amide bonds. The molecule has 0 aliphatic heterocycles. The number of carbonyl (C=O) groups excluding carboxylic acids is 2. The molecule has 25 heavy (non-hydrogen) atoms. The van der Waals surface area contributed by atoms with E-state index in [0.717, 1.165) is 16.0 Å². The maximum absolute atomic E-state index is 12.9. The molecule has 2 aromatic heterocycles. The first kappa shape index (κ1) is 16.8. The van der Waals surface area contributed by atoms with Crippen LogP contribution in [-0.4, -0.2) is 27.9 Å². The Morgan fingerprint density at radius 3 is 2.68 bits per heavy atom. The number of aryl methyl sites for hydroxylation is 1. The van der Waals surface area contributed by atoms with Gasteiger partial charge in [0, 0.05) is 10.4 Å². The van der Waals surface area contributed by atoms with Crippen molar-refractivity contribution in [3.8, 4) is 11.1 Å². The summed E-state index contributed by atoms with van der Waals surface area (Å²) in [5.74, 6) is -1.12. The lowest BCUT2D eigenvalue weighted by Crippen LogP contribution is -2.37. The van der Waals surface area contributed by atoms with Crippen molar-refractivity contribution in [2.45, 2.75) is 13.5 Å². The summed E-state index contributed by atoms with van der Waals surface area (Å²) in [6, 6.07) is 9.59. The van der Waals surface area contributed by atoms with Gasteiger partial charge >= 0.3 is 0 Å². The van der Waals surface area contributed by atoms with Crippen LogP contribution < -0.4 is 16.6 Å². The fraction of sp³-hybridized carbons (Fsp3) is 0.176. The summed E-state index contributed by atoms with van der Waals surface area (Å²) < 4.78 is 1.23. The highest BCUT2D eigenvalue weighted by atomic mass is 32.1. The Balaban J connectivity index is 2.03. The second-order valence-corrected chi connectivity index (χ2v) is 6.70. The van der Waals surface area contributed by atoms with E-state index in [9.17, 15) is 14.4 Å². The molecule has 8 heteroatoms. The number of hydrogen-bond acceptors (Lipinski definition) is 5. The van der Waals surface area contributed by atoms with Crippen molar-refractivity contribution in [1.29, 1.82) is 0 Å². The van der Waals surface area contributed by atoms with Crippen molar-refractivity contribution < 1.29 is 9.59 Å². The Labute approximate surface area is 147 Å². The molecule has 0 unspecified atom stereocenters. The summed E-state index contributed by atoms with van der Waals surface area (Å²) in [7, 11) is 0. The first-order valence-electron chi connectivity index (χ1n) is 7.56. The molecule has 0 fully saturated rings. The molecule has 0 saturated heterocycles. The van der Waals surface area contributed by atoms with E-state index < -0.39 is 11.8 Å². The summed E-state index contributed by atoms with van der Waals surface area (Å²) in [5.41, 5.74) is 6.47. The van der Waals surface area contributed by atoms with E-state index >= 15 is 0 Å². The molecule has 0 aliphatic rings. The van der Waals surface area contributed by atoms with Gasteiger partial charge in [-0.25, -0.2) is 4.98 Å². The first-order valence-corrected chi connectivity index (χ1v) is 8.38. The molecule has 128 valence electrons. The van der Waals surface area contributed by atoms with Gasteiger partial charge in [0.05, 0.1) is 18.3 Å². The molecular weight excluding hydrogens is 340 g/mol. The van der Waals surface area contributed by atoms with Crippen LogP contribution in [0.1, 0.15) is 4.88 Å². The van der Waals surface area contributed by atoms with Crippen molar-refractivity contribution in [3.63, 3.8) is 0 Å². The Bertz CT molecular complexity index is 1010. The standard InChI is InChI=1S/C17H16N4O3S/c1-10-14(11-5-3-2-4-6-11)15-16(25-10)20-9-21(17(15)24)8-13(23)19-7-12(18)22/h2-6,9H,7-8H2,1H3,(H2,18,22)(H,19,23). The molecule has 1 aromatic carbocycles. The minimum atomic E-state index is -0.644. The van der Waals surface area contributed by atoms with Gasteiger partial charge in [0.25, 0.3) is 5.56 Å². The molecular formula is C17H16N4O3S. The highest BCUT2D eigenvalue weighted by Gasteiger charge is 2.17. The molecule has 0 aliphatic carbocycles. The van der Waals surface area contributed by atoms with Gasteiger partial charge in [0.1, 0.15) is 11.4 Å². The molecule has 0 saturated carbocycles. The zero-order chi connectivity index (χ0) is 18.0. The number of benzene rings is 1. The normalized spacial score (nSPS) is 10.8. The van der Waals surface area contributed by atoms with E-state index in [2.05, 4.69) is 10.3 Å². The second-order valence-electron chi connectivity index (χ2n) is 5.50. The molecule has 0 bridgehead atoms. The third-order valence-electron chi connectivity index (χ3n) is 3.69. The van der Waals surface area contributed by atoms with Gasteiger partial charge in [-0.1, -0.05) is 30.3 Å². The quantitative estimate of drug-likeness (QED) is 0.712. The summed E-state index contributed by atoms with van der Waals surface area (Å²) in [5, 5.41) is 2.86. The highest BCUT2D eigenvalue weighted by Crippen LogP contribution is 2.35. The van der Waals surface area contributed by atoms with Crippen LogP contribution in [0.3, 0.4) is 0 Å². The Kier molecular flexibility index (Phi) is 4.62. The SMILES string of the molecule is Cc1sc2ncn(CC(=O)NCC(N)=O)c(=O)c2c1-c1ccccc1. The van der Waals surface area contributed by atoms with Crippen molar-refractivity contribution in [1.82, 2.24) is 14.9 Å². The number of fused-ring (bicyclic) bond motifs is 1. The van der Waals surface area contributed by atoms with Gasteiger partial charge < -0.3 is 11.1 Å². The van der Waals surface area contributed by atoms with Crippen molar-refractivity contribution in [2.75, 3.05) is 6.54 Å². The number of amides is 2. The minimum Gasteiger partial charge on any atom is -0.368 e. The number of thiophene rings is 1. The third kappa shape index (κ3) is 3.43. The fourth-order valence-corrected chi connectivity index (χ4v) is 3.60. The summed E-state index contributed by atoms with van der Waals surface area (Å²) in [4.78, 5) is 41.4. The molecule has 0 radical (unpaired) electrons. The largest absolute Gasteiger partial charge is 0.368 e. The van der Waals surface area contributed by atoms with E-state index in [1.165, 1.54) is 22.2 Å². The van der Waals surface area contributed by atoms with Crippen LogP contribution in [0.15, 0.2) is 41.5 Å². The molecule has 0 spiro atoms. The van der Waals surface area contributed by atoms with Crippen LogP contribution in [0, 0.1) is 6.92 Å². The molecule has 3 N–H and O–H groups in total. The van der Waals surface area contributed by atoms with Crippen LogP contribution in [0.5, 0.6) is 0 Å². The predicted octanol–water partition coefficient (Wildman–Crippen LogP) is 1.03.